The van der Waals surface area contributed by atoms with Gasteiger partial charge >= 0.3 is 0 Å². The number of benzene rings is 1. The minimum Gasteiger partial charge on any atom is -0.365 e. The number of aromatic nitrogens is 2. The number of H-pyrrole nitrogens is 1. The van der Waals surface area contributed by atoms with E-state index in [4.69, 9.17) is 11.0 Å². The summed E-state index contributed by atoms with van der Waals surface area (Å²) < 4.78 is 0. The number of nitrogens with two attached hydrogens (primary N) is 1. The molecule has 3 N–H and O–H groups in total. The molecule has 0 aliphatic rings. The van der Waals surface area contributed by atoms with Gasteiger partial charge in [-0.2, -0.15) is 10.4 Å². The molecule has 5 nitrogen and oxygen atoms in total. The highest BCUT2D eigenvalue weighted by Gasteiger charge is 2.03. The molecule has 0 saturated carbocycles. The summed E-state index contributed by atoms with van der Waals surface area (Å²) in [6.07, 6.45) is 3.14. The summed E-state index contributed by atoms with van der Waals surface area (Å²) in [5.74, 6) is -0.729. The molecule has 0 fully saturated rings. The van der Waals surface area contributed by atoms with E-state index in [1.54, 1.807) is 24.4 Å². The highest BCUT2D eigenvalue weighted by atomic mass is 16.1. The summed E-state index contributed by atoms with van der Waals surface area (Å²) >= 11 is 0. The Morgan fingerprint density at radius 2 is 2.38 bits per heavy atom. The molecule has 0 radical (unpaired) electrons. The standard InChI is InChI=1S/C11H8N4O/c12-5-9(11(13)16)3-7-1-2-8-6-14-15-10(8)4-7/h1-4,6H,(H2,13,16)(H,14,15). The van der Waals surface area contributed by atoms with Crippen LogP contribution in [0.1, 0.15) is 5.56 Å². The predicted molar refractivity (Wildman–Crippen MR) is 58.9 cm³/mol. The fraction of sp³-hybridized carbons (Fsp3) is 0. The van der Waals surface area contributed by atoms with E-state index in [0.29, 0.717) is 0 Å². The summed E-state index contributed by atoms with van der Waals surface area (Å²) in [5, 5.41) is 16.3. The second-order valence-electron chi connectivity index (χ2n) is 3.25. The number of amides is 1. The van der Waals surface area contributed by atoms with Crippen molar-refractivity contribution in [2.24, 2.45) is 5.73 Å². The molecule has 5 heteroatoms. The Hall–Kier alpha value is -2.61. The molecule has 2 rings (SSSR count). The second-order valence-corrected chi connectivity index (χ2v) is 3.25. The predicted octanol–water partition coefficient (Wildman–Crippen LogP) is 0.955. The summed E-state index contributed by atoms with van der Waals surface area (Å²) in [6, 6.07) is 7.18. The maximum atomic E-state index is 10.9. The van der Waals surface area contributed by atoms with Crippen molar-refractivity contribution >= 4 is 22.9 Å². The first-order valence-corrected chi connectivity index (χ1v) is 4.55. The minimum atomic E-state index is -0.729. The van der Waals surface area contributed by atoms with Crippen LogP contribution < -0.4 is 5.73 Å². The Bertz CT molecular complexity index is 618. The van der Waals surface area contributed by atoms with E-state index in [1.807, 2.05) is 6.07 Å². The molecule has 1 amide bonds. The molecule has 0 aliphatic heterocycles. The molecule has 0 saturated heterocycles. The smallest absolute Gasteiger partial charge is 0.259 e. The van der Waals surface area contributed by atoms with Crippen LogP contribution in [0.2, 0.25) is 0 Å². The number of hydrogen-bond acceptors (Lipinski definition) is 3. The number of nitriles is 1. The van der Waals surface area contributed by atoms with E-state index in [9.17, 15) is 4.79 Å². The molecule has 0 unspecified atom stereocenters. The normalized spacial score (nSPS) is 11.3. The molecule has 0 bridgehead atoms. The molecule has 16 heavy (non-hydrogen) atoms. The largest absolute Gasteiger partial charge is 0.365 e. The number of carbonyl (C=O) groups is 1. The van der Waals surface area contributed by atoms with Crippen LogP contribution >= 0.6 is 0 Å². The van der Waals surface area contributed by atoms with Gasteiger partial charge in [-0.25, -0.2) is 0 Å². The van der Waals surface area contributed by atoms with E-state index in [1.165, 1.54) is 6.08 Å². The highest BCUT2D eigenvalue weighted by Crippen LogP contribution is 2.14. The molecule has 0 aliphatic carbocycles. The maximum Gasteiger partial charge on any atom is 0.259 e. The number of hydrogen-bond donors (Lipinski definition) is 2. The Balaban J connectivity index is 2.48. The van der Waals surface area contributed by atoms with Crippen LogP contribution in [0.3, 0.4) is 0 Å². The number of carbonyl (C=O) groups excluding carboxylic acids is 1. The van der Waals surface area contributed by atoms with Crippen molar-refractivity contribution < 1.29 is 4.79 Å². The number of nitrogens with zero attached hydrogens (tertiary/aromatic N) is 2. The third kappa shape index (κ3) is 1.77. The van der Waals surface area contributed by atoms with Crippen molar-refractivity contribution in [1.82, 2.24) is 10.2 Å². The van der Waals surface area contributed by atoms with Gasteiger partial charge in [-0.1, -0.05) is 12.1 Å². The monoisotopic (exact) mass is 212 g/mol. The summed E-state index contributed by atoms with van der Waals surface area (Å²) in [4.78, 5) is 10.9. The first-order chi connectivity index (χ1) is 7.70. The molecular formula is C11H8N4O. The number of aromatic amines is 1. The van der Waals surface area contributed by atoms with E-state index in [-0.39, 0.29) is 5.57 Å². The topological polar surface area (TPSA) is 95.6 Å². The number of fused-ring (bicyclic) bond motifs is 1. The first-order valence-electron chi connectivity index (χ1n) is 4.55. The van der Waals surface area contributed by atoms with Crippen molar-refractivity contribution in [2.45, 2.75) is 0 Å². The molecule has 2 aromatic rings. The third-order valence-corrected chi connectivity index (χ3v) is 2.16. The number of rotatable bonds is 2. The molecular weight excluding hydrogens is 204 g/mol. The third-order valence-electron chi connectivity index (χ3n) is 2.16. The number of nitrogens with one attached hydrogen (secondary N) is 1. The van der Waals surface area contributed by atoms with Gasteiger partial charge in [-0.3, -0.25) is 9.89 Å². The average Bonchev–Trinajstić information content (AvgIpc) is 2.72. The zero-order valence-electron chi connectivity index (χ0n) is 8.27. The Labute approximate surface area is 91.2 Å². The second kappa shape index (κ2) is 3.87. The van der Waals surface area contributed by atoms with Crippen LogP contribution in [0.5, 0.6) is 0 Å². The van der Waals surface area contributed by atoms with Crippen molar-refractivity contribution in [3.8, 4) is 6.07 Å². The SMILES string of the molecule is N#CC(=Cc1ccc2cn[nH]c2c1)C(N)=O. The van der Waals surface area contributed by atoms with Crippen LogP contribution in [0.25, 0.3) is 17.0 Å². The summed E-state index contributed by atoms with van der Waals surface area (Å²) in [7, 11) is 0. The lowest BCUT2D eigenvalue weighted by Gasteiger charge is -1.95. The van der Waals surface area contributed by atoms with Gasteiger partial charge < -0.3 is 5.73 Å². The molecule has 78 valence electrons. The van der Waals surface area contributed by atoms with Gasteiger partial charge in [-0.05, 0) is 17.7 Å². The van der Waals surface area contributed by atoms with Crippen LogP contribution in [-0.2, 0) is 4.79 Å². The van der Waals surface area contributed by atoms with Crippen LogP contribution in [0.4, 0.5) is 0 Å². The first kappa shape index (κ1) is 9.93. The lowest BCUT2D eigenvalue weighted by molar-refractivity contribution is -0.114. The molecule has 0 spiro atoms. The van der Waals surface area contributed by atoms with Gasteiger partial charge in [0.25, 0.3) is 5.91 Å². The van der Waals surface area contributed by atoms with Gasteiger partial charge in [0, 0.05) is 5.39 Å². The van der Waals surface area contributed by atoms with Crippen molar-refractivity contribution in [2.75, 3.05) is 0 Å². The van der Waals surface area contributed by atoms with Crippen LogP contribution in [0.15, 0.2) is 30.0 Å². The molecule has 0 atom stereocenters. The van der Waals surface area contributed by atoms with E-state index in [0.717, 1.165) is 16.5 Å². The molecule has 1 aromatic carbocycles. The van der Waals surface area contributed by atoms with E-state index >= 15 is 0 Å². The van der Waals surface area contributed by atoms with Gasteiger partial charge in [-0.15, -0.1) is 0 Å². The Morgan fingerprint density at radius 1 is 1.56 bits per heavy atom. The van der Waals surface area contributed by atoms with Gasteiger partial charge in [0.2, 0.25) is 0 Å². The van der Waals surface area contributed by atoms with E-state index < -0.39 is 5.91 Å². The van der Waals surface area contributed by atoms with E-state index in [2.05, 4.69) is 10.2 Å². The lowest BCUT2D eigenvalue weighted by Crippen LogP contribution is -2.12. The fourth-order valence-corrected chi connectivity index (χ4v) is 1.37. The zero-order chi connectivity index (χ0) is 11.5. The molecule has 1 aromatic heterocycles. The minimum absolute atomic E-state index is 0.0705. The fourth-order valence-electron chi connectivity index (χ4n) is 1.37. The highest BCUT2D eigenvalue weighted by molar-refractivity contribution is 6.00. The maximum absolute atomic E-state index is 10.9. The van der Waals surface area contributed by atoms with Crippen LogP contribution in [0, 0.1) is 11.3 Å². The zero-order valence-corrected chi connectivity index (χ0v) is 8.27. The average molecular weight is 212 g/mol. The molecule has 1 heterocycles. The van der Waals surface area contributed by atoms with Crippen molar-refractivity contribution in [1.29, 1.82) is 5.26 Å². The number of primary amides is 1. The van der Waals surface area contributed by atoms with Crippen molar-refractivity contribution in [3.05, 3.63) is 35.5 Å². The van der Waals surface area contributed by atoms with Gasteiger partial charge in [0.05, 0.1) is 11.7 Å². The van der Waals surface area contributed by atoms with Gasteiger partial charge in [0.1, 0.15) is 11.6 Å². The Morgan fingerprint density at radius 3 is 3.06 bits per heavy atom. The summed E-state index contributed by atoms with van der Waals surface area (Å²) in [5.41, 5.74) is 6.54. The van der Waals surface area contributed by atoms with Crippen LogP contribution in [-0.4, -0.2) is 16.1 Å². The summed E-state index contributed by atoms with van der Waals surface area (Å²) in [6.45, 7) is 0. The Kier molecular flexibility index (Phi) is 2.40. The quantitative estimate of drug-likeness (QED) is 0.573. The van der Waals surface area contributed by atoms with Crippen molar-refractivity contribution in [3.63, 3.8) is 0 Å². The van der Waals surface area contributed by atoms with Gasteiger partial charge in [0.15, 0.2) is 0 Å². The lowest BCUT2D eigenvalue weighted by atomic mass is 10.1.